The third-order valence-corrected chi connectivity index (χ3v) is 5.16. The van der Waals surface area contributed by atoms with Crippen molar-refractivity contribution < 1.29 is 4.74 Å². The van der Waals surface area contributed by atoms with E-state index in [1.165, 1.54) is 42.3 Å². The van der Waals surface area contributed by atoms with E-state index >= 15 is 0 Å². The Bertz CT molecular complexity index is 806. The van der Waals surface area contributed by atoms with Crippen LogP contribution in [0.15, 0.2) is 72.8 Å². The first-order valence-electron chi connectivity index (χ1n) is 9.25. The van der Waals surface area contributed by atoms with Gasteiger partial charge in [0.15, 0.2) is 0 Å². The number of ether oxygens (including phenoxy) is 1. The number of benzene rings is 3. The van der Waals surface area contributed by atoms with Crippen molar-refractivity contribution in [3.05, 3.63) is 78.4 Å². The monoisotopic (exact) mass is 331 g/mol. The second kappa shape index (κ2) is 7.71. The number of hydrogen-bond donors (Lipinski definition) is 0. The third-order valence-electron chi connectivity index (χ3n) is 5.16. The van der Waals surface area contributed by atoms with Crippen molar-refractivity contribution in [2.45, 2.75) is 19.4 Å². The largest absolute Gasteiger partial charge is 0.493 e. The lowest BCUT2D eigenvalue weighted by molar-refractivity contribution is 0.137. The molecule has 0 spiro atoms. The fourth-order valence-corrected chi connectivity index (χ4v) is 3.62. The van der Waals surface area contributed by atoms with Gasteiger partial charge >= 0.3 is 0 Å². The molecule has 0 amide bonds. The Morgan fingerprint density at radius 2 is 1.52 bits per heavy atom. The van der Waals surface area contributed by atoms with Crippen molar-refractivity contribution in [3.63, 3.8) is 0 Å². The average molecular weight is 331 g/mol. The SMILES string of the molecule is c1ccc(CN2CCC(COc3ccc4ccccc4c3)CC2)cc1. The zero-order valence-corrected chi connectivity index (χ0v) is 14.6. The molecule has 1 fully saturated rings. The summed E-state index contributed by atoms with van der Waals surface area (Å²) in [6.07, 6.45) is 2.45. The molecular weight excluding hydrogens is 306 g/mol. The lowest BCUT2D eigenvalue weighted by Gasteiger charge is -2.31. The molecule has 0 saturated carbocycles. The summed E-state index contributed by atoms with van der Waals surface area (Å²) in [5, 5.41) is 2.52. The van der Waals surface area contributed by atoms with E-state index < -0.39 is 0 Å². The van der Waals surface area contributed by atoms with E-state index in [1.807, 2.05) is 0 Å². The van der Waals surface area contributed by atoms with Crippen LogP contribution in [0.25, 0.3) is 10.8 Å². The van der Waals surface area contributed by atoms with Crippen molar-refractivity contribution in [2.24, 2.45) is 5.92 Å². The highest BCUT2D eigenvalue weighted by atomic mass is 16.5. The molecule has 0 aliphatic carbocycles. The van der Waals surface area contributed by atoms with Gasteiger partial charge in [-0.3, -0.25) is 4.90 Å². The fraction of sp³-hybridized carbons (Fsp3) is 0.304. The van der Waals surface area contributed by atoms with Gasteiger partial charge in [0.25, 0.3) is 0 Å². The quantitative estimate of drug-likeness (QED) is 0.642. The molecule has 2 heteroatoms. The number of nitrogens with zero attached hydrogens (tertiary/aromatic N) is 1. The first-order chi connectivity index (χ1) is 12.4. The van der Waals surface area contributed by atoms with Gasteiger partial charge in [0.2, 0.25) is 0 Å². The number of fused-ring (bicyclic) bond motifs is 1. The van der Waals surface area contributed by atoms with E-state index in [9.17, 15) is 0 Å². The number of hydrogen-bond acceptors (Lipinski definition) is 2. The van der Waals surface area contributed by atoms with Gasteiger partial charge in [0.05, 0.1) is 6.61 Å². The summed E-state index contributed by atoms with van der Waals surface area (Å²) in [7, 11) is 0. The van der Waals surface area contributed by atoms with Gasteiger partial charge in [0, 0.05) is 6.54 Å². The molecule has 2 nitrogen and oxygen atoms in total. The Balaban J connectivity index is 1.27. The molecule has 4 rings (SSSR count). The Kier molecular flexibility index (Phi) is 4.98. The number of rotatable bonds is 5. The second-order valence-corrected chi connectivity index (χ2v) is 7.03. The number of piperidine rings is 1. The molecule has 0 aromatic heterocycles. The van der Waals surface area contributed by atoms with Gasteiger partial charge in [-0.25, -0.2) is 0 Å². The van der Waals surface area contributed by atoms with E-state index in [4.69, 9.17) is 4.74 Å². The molecule has 25 heavy (non-hydrogen) atoms. The van der Waals surface area contributed by atoms with Gasteiger partial charge in [-0.15, -0.1) is 0 Å². The first kappa shape index (κ1) is 16.2. The van der Waals surface area contributed by atoms with Crippen molar-refractivity contribution in [3.8, 4) is 5.75 Å². The van der Waals surface area contributed by atoms with Gasteiger partial charge in [-0.1, -0.05) is 60.7 Å². The summed E-state index contributed by atoms with van der Waals surface area (Å²) in [6, 6.07) is 25.6. The maximum atomic E-state index is 6.09. The van der Waals surface area contributed by atoms with Crippen molar-refractivity contribution in [2.75, 3.05) is 19.7 Å². The van der Waals surface area contributed by atoms with Gasteiger partial charge in [-0.05, 0) is 60.3 Å². The minimum absolute atomic E-state index is 0.665. The Morgan fingerprint density at radius 3 is 2.32 bits per heavy atom. The van der Waals surface area contributed by atoms with Crippen LogP contribution in [0, 0.1) is 5.92 Å². The second-order valence-electron chi connectivity index (χ2n) is 7.03. The molecule has 3 aromatic carbocycles. The standard InChI is InChI=1S/C23H25NO/c1-2-6-19(7-3-1)17-24-14-12-20(13-15-24)18-25-23-11-10-21-8-4-5-9-22(21)16-23/h1-11,16,20H,12-15,17-18H2. The number of likely N-dealkylation sites (tertiary alicyclic amines) is 1. The molecule has 1 heterocycles. The van der Waals surface area contributed by atoms with Crippen LogP contribution in [-0.4, -0.2) is 24.6 Å². The molecule has 0 bridgehead atoms. The molecule has 0 atom stereocenters. The smallest absolute Gasteiger partial charge is 0.119 e. The zero-order valence-electron chi connectivity index (χ0n) is 14.6. The lowest BCUT2D eigenvalue weighted by Crippen LogP contribution is -2.35. The van der Waals surface area contributed by atoms with Crippen LogP contribution in [-0.2, 0) is 6.54 Å². The third kappa shape index (κ3) is 4.21. The molecule has 1 aliphatic rings. The Morgan fingerprint density at radius 1 is 0.800 bits per heavy atom. The Labute approximate surface area is 150 Å². The van der Waals surface area contributed by atoms with Crippen LogP contribution < -0.4 is 4.74 Å². The zero-order chi connectivity index (χ0) is 16.9. The summed E-state index contributed by atoms with van der Waals surface area (Å²) in [5.41, 5.74) is 1.41. The van der Waals surface area contributed by atoms with Crippen molar-refractivity contribution in [1.29, 1.82) is 0 Å². The highest BCUT2D eigenvalue weighted by molar-refractivity contribution is 5.83. The Hall–Kier alpha value is -2.32. The minimum atomic E-state index is 0.665. The molecule has 1 saturated heterocycles. The highest BCUT2D eigenvalue weighted by Gasteiger charge is 2.19. The van der Waals surface area contributed by atoms with Crippen molar-refractivity contribution in [1.82, 2.24) is 4.90 Å². The van der Waals surface area contributed by atoms with Crippen molar-refractivity contribution >= 4 is 10.8 Å². The van der Waals surface area contributed by atoms with Crippen LogP contribution in [0.4, 0.5) is 0 Å². The maximum Gasteiger partial charge on any atom is 0.119 e. The first-order valence-corrected chi connectivity index (χ1v) is 9.25. The summed E-state index contributed by atoms with van der Waals surface area (Å²) < 4.78 is 6.09. The normalized spacial score (nSPS) is 16.2. The molecule has 0 N–H and O–H groups in total. The molecule has 0 unspecified atom stereocenters. The topological polar surface area (TPSA) is 12.5 Å². The molecular formula is C23H25NO. The van der Waals surface area contributed by atoms with Crippen LogP contribution in [0.5, 0.6) is 5.75 Å². The fourth-order valence-electron chi connectivity index (χ4n) is 3.62. The average Bonchev–Trinajstić information content (AvgIpc) is 2.68. The molecule has 3 aromatic rings. The van der Waals surface area contributed by atoms with Gasteiger partial charge in [-0.2, -0.15) is 0 Å². The molecule has 0 radical (unpaired) electrons. The van der Waals surface area contributed by atoms with E-state index in [0.29, 0.717) is 5.92 Å². The van der Waals surface area contributed by atoms with Crippen LogP contribution in [0.1, 0.15) is 18.4 Å². The predicted octanol–water partition coefficient (Wildman–Crippen LogP) is 5.13. The molecule has 1 aliphatic heterocycles. The highest BCUT2D eigenvalue weighted by Crippen LogP contribution is 2.23. The van der Waals surface area contributed by atoms with E-state index in [-0.39, 0.29) is 0 Å². The minimum Gasteiger partial charge on any atom is -0.493 e. The van der Waals surface area contributed by atoms with Crippen LogP contribution in [0.2, 0.25) is 0 Å². The maximum absolute atomic E-state index is 6.09. The lowest BCUT2D eigenvalue weighted by atomic mass is 9.97. The van der Waals surface area contributed by atoms with Crippen LogP contribution in [0.3, 0.4) is 0 Å². The summed E-state index contributed by atoms with van der Waals surface area (Å²) in [4.78, 5) is 2.56. The van der Waals surface area contributed by atoms with E-state index in [2.05, 4.69) is 77.7 Å². The summed E-state index contributed by atoms with van der Waals surface area (Å²) in [5.74, 6) is 1.66. The summed E-state index contributed by atoms with van der Waals surface area (Å²) in [6.45, 7) is 4.23. The molecule has 128 valence electrons. The predicted molar refractivity (Wildman–Crippen MR) is 104 cm³/mol. The summed E-state index contributed by atoms with van der Waals surface area (Å²) >= 11 is 0. The van der Waals surface area contributed by atoms with E-state index in [1.54, 1.807) is 0 Å². The van der Waals surface area contributed by atoms with Gasteiger partial charge < -0.3 is 4.74 Å². The van der Waals surface area contributed by atoms with Gasteiger partial charge in [0.1, 0.15) is 5.75 Å². The van der Waals surface area contributed by atoms with E-state index in [0.717, 1.165) is 18.9 Å². The van der Waals surface area contributed by atoms with Crippen LogP contribution >= 0.6 is 0 Å².